The fourth-order valence-electron chi connectivity index (χ4n) is 2.74. The fourth-order valence-corrected chi connectivity index (χ4v) is 2.74. The molecule has 2 heterocycles. The minimum atomic E-state index is -0.225. The van der Waals surface area contributed by atoms with Crippen LogP contribution in [-0.2, 0) is 0 Å². The summed E-state index contributed by atoms with van der Waals surface area (Å²) in [4.78, 5) is 2.38. The van der Waals surface area contributed by atoms with Gasteiger partial charge in [-0.3, -0.25) is 4.90 Å². The first kappa shape index (κ1) is 13.6. The zero-order chi connectivity index (χ0) is 13.1. The topological polar surface area (TPSA) is 36.6 Å². The van der Waals surface area contributed by atoms with Gasteiger partial charge in [-0.15, -0.1) is 0 Å². The molecule has 3 heteroatoms. The molecule has 0 radical (unpaired) electrons. The van der Waals surface area contributed by atoms with Gasteiger partial charge in [0.25, 0.3) is 0 Å². The minimum absolute atomic E-state index is 0.225. The van der Waals surface area contributed by atoms with Crippen molar-refractivity contribution in [1.29, 1.82) is 0 Å². The Labute approximate surface area is 110 Å². The summed E-state index contributed by atoms with van der Waals surface area (Å²) in [5, 5.41) is 9.87. The van der Waals surface area contributed by atoms with E-state index in [0.29, 0.717) is 6.04 Å². The fraction of sp³-hybridized carbons (Fsp3) is 0.733. The van der Waals surface area contributed by atoms with Crippen molar-refractivity contribution in [3.05, 3.63) is 23.7 Å². The Kier molecular flexibility index (Phi) is 4.46. The lowest BCUT2D eigenvalue weighted by Gasteiger charge is -2.38. The third-order valence-electron chi connectivity index (χ3n) is 3.98. The molecular formula is C15H25NO2. The number of β-amino-alcohol motifs (C(OH)–C–C–N with tert-alkyl or cyclic N) is 1. The number of likely N-dealkylation sites (tertiary alicyclic amines) is 1. The predicted octanol–water partition coefficient (Wildman–Crippen LogP) is 3.13. The van der Waals surface area contributed by atoms with Gasteiger partial charge in [-0.1, -0.05) is 13.8 Å². The van der Waals surface area contributed by atoms with Gasteiger partial charge in [0.15, 0.2) is 0 Å². The van der Waals surface area contributed by atoms with E-state index in [1.165, 1.54) is 6.42 Å². The average Bonchev–Trinajstić information content (AvgIpc) is 2.78. The Morgan fingerprint density at radius 3 is 2.89 bits per heavy atom. The smallest absolute Gasteiger partial charge is 0.121 e. The molecule has 0 spiro atoms. The lowest BCUT2D eigenvalue weighted by Crippen LogP contribution is -2.40. The first-order valence-electron chi connectivity index (χ1n) is 7.08. The zero-order valence-corrected chi connectivity index (χ0v) is 11.7. The standard InChI is InChI=1S/C15H25NO2/c1-4-13(17)10-16-8-7-11(2)9-14(16)15-6-5-12(3)18-15/h5-6,11,13-14,17H,4,7-10H2,1-3H3. The normalized spacial score (nSPS) is 27.3. The molecule has 3 nitrogen and oxygen atoms in total. The summed E-state index contributed by atoms with van der Waals surface area (Å²) in [6, 6.07) is 4.45. The van der Waals surface area contributed by atoms with E-state index in [1.54, 1.807) is 0 Å². The van der Waals surface area contributed by atoms with Crippen molar-refractivity contribution in [2.45, 2.75) is 52.2 Å². The van der Waals surface area contributed by atoms with E-state index in [9.17, 15) is 5.11 Å². The lowest BCUT2D eigenvalue weighted by atomic mass is 9.91. The number of aliphatic hydroxyl groups is 1. The second-order valence-corrected chi connectivity index (χ2v) is 5.65. The molecule has 1 saturated heterocycles. The van der Waals surface area contributed by atoms with E-state index in [0.717, 1.165) is 43.4 Å². The van der Waals surface area contributed by atoms with Crippen LogP contribution in [0.5, 0.6) is 0 Å². The molecular weight excluding hydrogens is 226 g/mol. The van der Waals surface area contributed by atoms with Crippen LogP contribution in [0.25, 0.3) is 0 Å². The summed E-state index contributed by atoms with van der Waals surface area (Å²) in [7, 11) is 0. The van der Waals surface area contributed by atoms with E-state index in [-0.39, 0.29) is 6.10 Å². The van der Waals surface area contributed by atoms with E-state index in [2.05, 4.69) is 17.9 Å². The highest BCUT2D eigenvalue weighted by Gasteiger charge is 2.30. The molecule has 3 unspecified atom stereocenters. The van der Waals surface area contributed by atoms with Gasteiger partial charge in [0.05, 0.1) is 12.1 Å². The van der Waals surface area contributed by atoms with Gasteiger partial charge >= 0.3 is 0 Å². The van der Waals surface area contributed by atoms with Gasteiger partial charge < -0.3 is 9.52 Å². The van der Waals surface area contributed by atoms with Crippen LogP contribution < -0.4 is 0 Å². The second kappa shape index (κ2) is 5.89. The molecule has 0 aromatic carbocycles. The van der Waals surface area contributed by atoms with E-state index >= 15 is 0 Å². The van der Waals surface area contributed by atoms with Gasteiger partial charge in [0.1, 0.15) is 11.5 Å². The Balaban J connectivity index is 2.10. The molecule has 3 atom stereocenters. The molecule has 1 aromatic rings. The number of aryl methyl sites for hydroxylation is 1. The van der Waals surface area contributed by atoms with Gasteiger partial charge in [-0.25, -0.2) is 0 Å². The van der Waals surface area contributed by atoms with Crippen molar-refractivity contribution in [3.63, 3.8) is 0 Å². The number of hydrogen-bond acceptors (Lipinski definition) is 3. The van der Waals surface area contributed by atoms with Crippen LogP contribution >= 0.6 is 0 Å². The monoisotopic (exact) mass is 251 g/mol. The maximum absolute atomic E-state index is 9.87. The summed E-state index contributed by atoms with van der Waals surface area (Å²) in [6.07, 6.45) is 2.93. The quantitative estimate of drug-likeness (QED) is 0.893. The van der Waals surface area contributed by atoms with Crippen molar-refractivity contribution in [3.8, 4) is 0 Å². The molecule has 0 aliphatic carbocycles. The van der Waals surface area contributed by atoms with E-state index < -0.39 is 0 Å². The van der Waals surface area contributed by atoms with Gasteiger partial charge in [-0.2, -0.15) is 0 Å². The third kappa shape index (κ3) is 3.15. The molecule has 0 saturated carbocycles. The molecule has 1 aliphatic heterocycles. The maximum Gasteiger partial charge on any atom is 0.121 e. The molecule has 102 valence electrons. The van der Waals surface area contributed by atoms with Crippen molar-refractivity contribution < 1.29 is 9.52 Å². The molecule has 1 N–H and O–H groups in total. The molecule has 1 fully saturated rings. The van der Waals surface area contributed by atoms with Crippen LogP contribution in [0.1, 0.15) is 50.7 Å². The van der Waals surface area contributed by atoms with Gasteiger partial charge in [0, 0.05) is 6.54 Å². The summed E-state index contributed by atoms with van der Waals surface area (Å²) in [5.41, 5.74) is 0. The molecule has 18 heavy (non-hydrogen) atoms. The Morgan fingerprint density at radius 2 is 2.28 bits per heavy atom. The molecule has 0 amide bonds. The summed E-state index contributed by atoms with van der Waals surface area (Å²) < 4.78 is 5.79. The number of nitrogens with zero attached hydrogens (tertiary/aromatic N) is 1. The highest BCUT2D eigenvalue weighted by Crippen LogP contribution is 2.34. The number of rotatable bonds is 4. The number of furan rings is 1. The number of aliphatic hydroxyl groups excluding tert-OH is 1. The van der Waals surface area contributed by atoms with E-state index in [1.807, 2.05) is 19.9 Å². The van der Waals surface area contributed by atoms with E-state index in [4.69, 9.17) is 4.42 Å². The van der Waals surface area contributed by atoms with Crippen LogP contribution in [0.4, 0.5) is 0 Å². The van der Waals surface area contributed by atoms with Crippen molar-refractivity contribution in [2.75, 3.05) is 13.1 Å². The van der Waals surface area contributed by atoms with Crippen LogP contribution in [0.3, 0.4) is 0 Å². The highest BCUT2D eigenvalue weighted by molar-refractivity contribution is 5.11. The van der Waals surface area contributed by atoms with Crippen LogP contribution in [0.15, 0.2) is 16.5 Å². The highest BCUT2D eigenvalue weighted by atomic mass is 16.3. The summed E-state index contributed by atoms with van der Waals surface area (Å²) in [6.45, 7) is 8.14. The van der Waals surface area contributed by atoms with Crippen LogP contribution in [0, 0.1) is 12.8 Å². The Hall–Kier alpha value is -0.800. The summed E-state index contributed by atoms with van der Waals surface area (Å²) >= 11 is 0. The number of piperidine rings is 1. The van der Waals surface area contributed by atoms with Crippen molar-refractivity contribution >= 4 is 0 Å². The third-order valence-corrected chi connectivity index (χ3v) is 3.98. The van der Waals surface area contributed by atoms with Crippen LogP contribution in [-0.4, -0.2) is 29.2 Å². The Morgan fingerprint density at radius 1 is 1.50 bits per heavy atom. The SMILES string of the molecule is CCC(O)CN1CCC(C)CC1c1ccc(C)o1. The molecule has 0 bridgehead atoms. The first-order chi connectivity index (χ1) is 8.60. The molecule has 2 rings (SSSR count). The molecule has 1 aliphatic rings. The molecule has 1 aromatic heterocycles. The lowest BCUT2D eigenvalue weighted by molar-refractivity contribution is 0.0433. The largest absolute Gasteiger partial charge is 0.465 e. The maximum atomic E-state index is 9.87. The van der Waals surface area contributed by atoms with Crippen molar-refractivity contribution in [2.24, 2.45) is 5.92 Å². The zero-order valence-electron chi connectivity index (χ0n) is 11.7. The van der Waals surface area contributed by atoms with Gasteiger partial charge in [-0.05, 0) is 50.8 Å². The minimum Gasteiger partial charge on any atom is -0.465 e. The predicted molar refractivity (Wildman–Crippen MR) is 72.5 cm³/mol. The van der Waals surface area contributed by atoms with Crippen molar-refractivity contribution in [1.82, 2.24) is 4.90 Å². The average molecular weight is 251 g/mol. The number of hydrogen-bond donors (Lipinski definition) is 1. The van der Waals surface area contributed by atoms with Gasteiger partial charge in [0.2, 0.25) is 0 Å². The summed E-state index contributed by atoms with van der Waals surface area (Å²) in [5.74, 6) is 2.76. The second-order valence-electron chi connectivity index (χ2n) is 5.65. The van der Waals surface area contributed by atoms with Crippen LogP contribution in [0.2, 0.25) is 0 Å². The first-order valence-corrected chi connectivity index (χ1v) is 7.08. The Bertz CT molecular complexity index is 374.